The van der Waals surface area contributed by atoms with E-state index in [0.29, 0.717) is 5.75 Å². The zero-order chi connectivity index (χ0) is 13.8. The molecule has 98 valence electrons. The summed E-state index contributed by atoms with van der Waals surface area (Å²) in [6, 6.07) is 7.33. The molecular weight excluding hydrogens is 234 g/mol. The van der Waals surface area contributed by atoms with Gasteiger partial charge in [-0.2, -0.15) is 0 Å². The van der Waals surface area contributed by atoms with Crippen molar-refractivity contribution in [1.29, 1.82) is 0 Å². The molecule has 5 nitrogen and oxygen atoms in total. The summed E-state index contributed by atoms with van der Waals surface area (Å²) in [5.74, 6) is -0.948. The van der Waals surface area contributed by atoms with Gasteiger partial charge < -0.3 is 15.2 Å². The molecule has 2 N–H and O–H groups in total. The first-order valence-corrected chi connectivity index (χ1v) is 5.57. The Balaban J connectivity index is 2.72. The standard InChI is InChI=1S/C13H17NO4/c1-9-6-4-5-7-10(9)18-13(2,3)12(17)14-8-11(15)16/h4-7H,8H2,1-3H3,(H,14,17)(H,15,16). The Morgan fingerprint density at radius 2 is 1.94 bits per heavy atom. The number of carboxylic acid groups (broad SMARTS) is 1. The second-order valence-corrected chi connectivity index (χ2v) is 4.45. The van der Waals surface area contributed by atoms with Crippen molar-refractivity contribution in [3.05, 3.63) is 29.8 Å². The molecule has 0 radical (unpaired) electrons. The van der Waals surface area contributed by atoms with E-state index in [9.17, 15) is 9.59 Å². The number of benzene rings is 1. The van der Waals surface area contributed by atoms with Gasteiger partial charge in [0.05, 0.1) is 0 Å². The maximum absolute atomic E-state index is 11.8. The number of amides is 1. The molecule has 0 unspecified atom stereocenters. The van der Waals surface area contributed by atoms with Gasteiger partial charge >= 0.3 is 5.97 Å². The van der Waals surface area contributed by atoms with E-state index in [1.165, 1.54) is 0 Å². The van der Waals surface area contributed by atoms with Crippen LogP contribution in [0.4, 0.5) is 0 Å². The zero-order valence-corrected chi connectivity index (χ0v) is 10.7. The van der Waals surface area contributed by atoms with Crippen LogP contribution in [0.15, 0.2) is 24.3 Å². The van der Waals surface area contributed by atoms with Crippen LogP contribution in [0.25, 0.3) is 0 Å². The topological polar surface area (TPSA) is 75.6 Å². The highest BCUT2D eigenvalue weighted by Crippen LogP contribution is 2.22. The van der Waals surface area contributed by atoms with Crippen LogP contribution >= 0.6 is 0 Å². The average Bonchev–Trinajstić information content (AvgIpc) is 2.28. The van der Waals surface area contributed by atoms with Crippen LogP contribution in [0.5, 0.6) is 5.75 Å². The van der Waals surface area contributed by atoms with Crippen molar-refractivity contribution in [2.45, 2.75) is 26.4 Å². The SMILES string of the molecule is Cc1ccccc1OC(C)(C)C(=O)NCC(=O)O. The first-order chi connectivity index (χ1) is 8.33. The van der Waals surface area contributed by atoms with Crippen molar-refractivity contribution in [3.8, 4) is 5.75 Å². The molecule has 0 saturated carbocycles. The van der Waals surface area contributed by atoms with Crippen LogP contribution in [0.3, 0.4) is 0 Å². The molecule has 1 aromatic carbocycles. The van der Waals surface area contributed by atoms with E-state index >= 15 is 0 Å². The van der Waals surface area contributed by atoms with Crippen LogP contribution in [0.2, 0.25) is 0 Å². The van der Waals surface area contributed by atoms with Crippen molar-refractivity contribution >= 4 is 11.9 Å². The number of hydrogen-bond donors (Lipinski definition) is 2. The van der Waals surface area contributed by atoms with Gasteiger partial charge in [-0.05, 0) is 32.4 Å². The van der Waals surface area contributed by atoms with Crippen LogP contribution < -0.4 is 10.1 Å². The van der Waals surface area contributed by atoms with Gasteiger partial charge in [0.2, 0.25) is 0 Å². The second kappa shape index (κ2) is 5.53. The van der Waals surface area contributed by atoms with Gasteiger partial charge in [0.15, 0.2) is 5.60 Å². The highest BCUT2D eigenvalue weighted by molar-refractivity contribution is 5.87. The average molecular weight is 251 g/mol. The van der Waals surface area contributed by atoms with E-state index in [0.717, 1.165) is 5.56 Å². The Kier molecular flexibility index (Phi) is 4.31. The van der Waals surface area contributed by atoms with Crippen molar-refractivity contribution in [2.24, 2.45) is 0 Å². The highest BCUT2D eigenvalue weighted by Gasteiger charge is 2.30. The summed E-state index contributed by atoms with van der Waals surface area (Å²) in [4.78, 5) is 22.2. The predicted molar refractivity (Wildman–Crippen MR) is 66.5 cm³/mol. The van der Waals surface area contributed by atoms with E-state index < -0.39 is 24.0 Å². The molecule has 0 aliphatic rings. The molecule has 0 aliphatic carbocycles. The molecule has 0 heterocycles. The normalized spacial score (nSPS) is 10.8. The van der Waals surface area contributed by atoms with Gasteiger partial charge in [0, 0.05) is 0 Å². The summed E-state index contributed by atoms with van der Waals surface area (Å²) < 4.78 is 5.62. The third kappa shape index (κ3) is 3.76. The predicted octanol–water partition coefficient (Wildman–Crippen LogP) is 1.35. The number of carbonyl (C=O) groups excluding carboxylic acids is 1. The minimum Gasteiger partial charge on any atom is -0.480 e. The number of carboxylic acids is 1. The lowest BCUT2D eigenvalue weighted by molar-refractivity contribution is -0.141. The fourth-order valence-electron chi connectivity index (χ4n) is 1.36. The molecule has 18 heavy (non-hydrogen) atoms. The Morgan fingerprint density at radius 3 is 2.50 bits per heavy atom. The summed E-state index contributed by atoms with van der Waals surface area (Å²) >= 11 is 0. The fourth-order valence-corrected chi connectivity index (χ4v) is 1.36. The smallest absolute Gasteiger partial charge is 0.322 e. The van der Waals surface area contributed by atoms with Gasteiger partial charge in [0.25, 0.3) is 5.91 Å². The van der Waals surface area contributed by atoms with Crippen LogP contribution in [-0.2, 0) is 9.59 Å². The third-order valence-corrected chi connectivity index (χ3v) is 2.41. The first-order valence-electron chi connectivity index (χ1n) is 5.57. The molecule has 1 amide bonds. The first kappa shape index (κ1) is 14.0. The second-order valence-electron chi connectivity index (χ2n) is 4.45. The Labute approximate surface area is 106 Å². The quantitative estimate of drug-likeness (QED) is 0.828. The maximum Gasteiger partial charge on any atom is 0.322 e. The van der Waals surface area contributed by atoms with Crippen molar-refractivity contribution < 1.29 is 19.4 Å². The monoisotopic (exact) mass is 251 g/mol. The summed E-state index contributed by atoms with van der Waals surface area (Å²) in [6.45, 7) is 4.65. The number of aryl methyl sites for hydroxylation is 1. The lowest BCUT2D eigenvalue weighted by Gasteiger charge is -2.25. The maximum atomic E-state index is 11.8. The summed E-state index contributed by atoms with van der Waals surface area (Å²) in [5, 5.41) is 10.8. The molecule has 0 fully saturated rings. The molecule has 0 atom stereocenters. The molecule has 1 aromatic rings. The number of para-hydroxylation sites is 1. The fraction of sp³-hybridized carbons (Fsp3) is 0.385. The number of nitrogens with one attached hydrogen (secondary N) is 1. The van der Waals surface area contributed by atoms with E-state index in [1.807, 2.05) is 25.1 Å². The third-order valence-electron chi connectivity index (χ3n) is 2.41. The molecular formula is C13H17NO4. The molecule has 0 aromatic heterocycles. The number of carbonyl (C=O) groups is 2. The molecule has 0 bridgehead atoms. The van der Waals surface area contributed by atoms with E-state index in [1.54, 1.807) is 19.9 Å². The number of ether oxygens (including phenoxy) is 1. The van der Waals surface area contributed by atoms with Crippen molar-refractivity contribution in [1.82, 2.24) is 5.32 Å². The Morgan fingerprint density at radius 1 is 1.33 bits per heavy atom. The summed E-state index contributed by atoms with van der Waals surface area (Å²) in [5.41, 5.74) is -0.210. The molecule has 0 spiro atoms. The lowest BCUT2D eigenvalue weighted by atomic mass is 10.1. The minimum atomic E-state index is -1.12. The Bertz CT molecular complexity index is 454. The summed E-state index contributed by atoms with van der Waals surface area (Å²) in [7, 11) is 0. The highest BCUT2D eigenvalue weighted by atomic mass is 16.5. The summed E-state index contributed by atoms with van der Waals surface area (Å²) in [6.07, 6.45) is 0. The van der Waals surface area contributed by atoms with Crippen LogP contribution in [0, 0.1) is 6.92 Å². The molecule has 0 saturated heterocycles. The van der Waals surface area contributed by atoms with Crippen LogP contribution in [-0.4, -0.2) is 29.1 Å². The number of rotatable bonds is 5. The minimum absolute atomic E-state index is 0.417. The van der Waals surface area contributed by atoms with Gasteiger partial charge in [-0.15, -0.1) is 0 Å². The zero-order valence-electron chi connectivity index (χ0n) is 10.7. The van der Waals surface area contributed by atoms with E-state index in [2.05, 4.69) is 5.32 Å². The number of hydrogen-bond acceptors (Lipinski definition) is 3. The number of aliphatic carboxylic acids is 1. The van der Waals surface area contributed by atoms with Crippen molar-refractivity contribution in [3.63, 3.8) is 0 Å². The van der Waals surface area contributed by atoms with Gasteiger partial charge in [-0.3, -0.25) is 9.59 Å². The van der Waals surface area contributed by atoms with E-state index in [-0.39, 0.29) is 0 Å². The Hall–Kier alpha value is -2.04. The molecule has 1 rings (SSSR count). The van der Waals surface area contributed by atoms with E-state index in [4.69, 9.17) is 9.84 Å². The van der Waals surface area contributed by atoms with Crippen LogP contribution in [0.1, 0.15) is 19.4 Å². The molecule has 0 aliphatic heterocycles. The van der Waals surface area contributed by atoms with Crippen molar-refractivity contribution in [2.75, 3.05) is 6.54 Å². The van der Waals surface area contributed by atoms with Gasteiger partial charge in [-0.25, -0.2) is 0 Å². The largest absolute Gasteiger partial charge is 0.480 e. The molecule has 5 heteroatoms. The lowest BCUT2D eigenvalue weighted by Crippen LogP contribution is -2.48. The van der Waals surface area contributed by atoms with Gasteiger partial charge in [-0.1, -0.05) is 18.2 Å². The van der Waals surface area contributed by atoms with Gasteiger partial charge in [0.1, 0.15) is 12.3 Å².